The second kappa shape index (κ2) is 11.3. The first kappa shape index (κ1) is 30.7. The lowest BCUT2D eigenvalue weighted by Crippen LogP contribution is -2.51. The first-order chi connectivity index (χ1) is 18.4. The fourth-order valence-corrected chi connectivity index (χ4v) is 4.18. The maximum absolute atomic E-state index is 13.6. The van der Waals surface area contributed by atoms with Gasteiger partial charge in [-0.2, -0.15) is 13.2 Å². The van der Waals surface area contributed by atoms with E-state index in [1.807, 2.05) is 0 Å². The van der Waals surface area contributed by atoms with Crippen LogP contribution in [0.5, 0.6) is 0 Å². The molecule has 11 nitrogen and oxygen atoms in total. The number of aromatic nitrogens is 3. The zero-order valence-electron chi connectivity index (χ0n) is 22.4. The molecule has 220 valence electrons. The van der Waals surface area contributed by atoms with Gasteiger partial charge >= 0.3 is 24.2 Å². The Bertz CT molecular complexity index is 1380. The van der Waals surface area contributed by atoms with E-state index in [4.69, 9.17) is 4.74 Å². The minimum Gasteiger partial charge on any atom is -0.444 e. The minimum absolute atomic E-state index is 0.0462. The Hall–Kier alpha value is -3.85. The number of carbonyl (C=O) groups is 3. The van der Waals surface area contributed by atoms with E-state index in [2.05, 4.69) is 14.7 Å². The molecule has 2 aromatic heterocycles. The van der Waals surface area contributed by atoms with E-state index in [-0.39, 0.29) is 55.3 Å². The number of ether oxygens (including phenoxy) is 2. The Kier molecular flexibility index (Phi) is 8.69. The van der Waals surface area contributed by atoms with Gasteiger partial charge in [-0.25, -0.2) is 33.1 Å². The predicted octanol–water partition coefficient (Wildman–Crippen LogP) is 3.29. The molecule has 0 N–H and O–H groups in total. The largest absolute Gasteiger partial charge is 0.491 e. The quantitative estimate of drug-likeness (QED) is 0.299. The Balaban J connectivity index is 2.10. The van der Waals surface area contributed by atoms with Crippen molar-refractivity contribution in [2.45, 2.75) is 65.8 Å². The van der Waals surface area contributed by atoms with Gasteiger partial charge in [-0.1, -0.05) is 6.92 Å². The Morgan fingerprint density at radius 3 is 2.12 bits per heavy atom. The first-order valence-electron chi connectivity index (χ1n) is 12.2. The molecule has 0 aliphatic carbocycles. The second-order valence-corrected chi connectivity index (χ2v) is 9.95. The lowest BCUT2D eigenvalue weighted by Gasteiger charge is -2.37. The van der Waals surface area contributed by atoms with Crippen molar-refractivity contribution in [2.75, 3.05) is 31.1 Å². The summed E-state index contributed by atoms with van der Waals surface area (Å²) in [4.78, 5) is 60.5. The van der Waals surface area contributed by atoms with Crippen LogP contribution in [0.1, 0.15) is 51.2 Å². The van der Waals surface area contributed by atoms with Crippen molar-refractivity contribution >= 4 is 34.9 Å². The molecular formula is C24H28F5N5O6. The van der Waals surface area contributed by atoms with Crippen LogP contribution in [0, 0.1) is 6.92 Å². The summed E-state index contributed by atoms with van der Waals surface area (Å²) in [6, 6.07) is 0. The normalized spacial score (nSPS) is 14.6. The summed E-state index contributed by atoms with van der Waals surface area (Å²) in [5.74, 6) is -4.35. The second-order valence-electron chi connectivity index (χ2n) is 9.95. The number of esters is 2. The van der Waals surface area contributed by atoms with Crippen molar-refractivity contribution in [3.8, 4) is 0 Å². The number of halogens is 5. The molecule has 0 unspecified atom stereocenters. The predicted molar refractivity (Wildman–Crippen MR) is 130 cm³/mol. The zero-order valence-corrected chi connectivity index (χ0v) is 22.4. The number of fused-ring (bicyclic) bond motifs is 1. The van der Waals surface area contributed by atoms with Crippen LogP contribution >= 0.6 is 0 Å². The van der Waals surface area contributed by atoms with E-state index in [0.717, 1.165) is 4.57 Å². The number of nitrogens with zero attached hydrogens (tertiary/aromatic N) is 5. The SMILES string of the molecule is CCc1c(N2CCN(C(=O)OC(C)(C)C)CC2)c(=O)c2nc(C(F)F)c(C)nc2n1CC(=O)OC(=O)C(F)(F)F. The van der Waals surface area contributed by atoms with Crippen LogP contribution in [0.3, 0.4) is 0 Å². The van der Waals surface area contributed by atoms with Gasteiger partial charge in [-0.15, -0.1) is 0 Å². The smallest absolute Gasteiger partial charge is 0.444 e. The molecule has 3 heterocycles. The van der Waals surface area contributed by atoms with Gasteiger partial charge in [0.05, 0.1) is 5.69 Å². The maximum Gasteiger partial charge on any atom is 0.491 e. The van der Waals surface area contributed by atoms with Crippen LogP contribution in [0.15, 0.2) is 4.79 Å². The molecule has 0 atom stereocenters. The first-order valence-corrected chi connectivity index (χ1v) is 12.2. The summed E-state index contributed by atoms with van der Waals surface area (Å²) in [6.45, 7) is 7.37. The number of amides is 1. The highest BCUT2D eigenvalue weighted by atomic mass is 19.4. The van der Waals surface area contributed by atoms with E-state index in [9.17, 15) is 41.1 Å². The van der Waals surface area contributed by atoms with Crippen LogP contribution < -0.4 is 10.3 Å². The summed E-state index contributed by atoms with van der Waals surface area (Å²) in [5, 5.41) is 0. The number of aryl methyl sites for hydroxylation is 1. The van der Waals surface area contributed by atoms with Gasteiger partial charge in [0, 0.05) is 31.9 Å². The van der Waals surface area contributed by atoms with E-state index in [0.29, 0.717) is 0 Å². The molecule has 40 heavy (non-hydrogen) atoms. The molecule has 1 aliphatic heterocycles. The van der Waals surface area contributed by atoms with Gasteiger partial charge in [-0.3, -0.25) is 4.79 Å². The summed E-state index contributed by atoms with van der Waals surface area (Å²) in [6.07, 6.45) is -9.05. The Morgan fingerprint density at radius 2 is 1.62 bits per heavy atom. The van der Waals surface area contributed by atoms with E-state index in [1.165, 1.54) is 11.8 Å². The highest BCUT2D eigenvalue weighted by molar-refractivity contribution is 5.89. The summed E-state index contributed by atoms with van der Waals surface area (Å²) < 4.78 is 75.5. The standard InChI is InChI=1S/C24H28F5N5O6/c1-6-13-17(32-7-9-33(10-8-32)22(38)40-23(3,4)5)18(36)16-20(30-12(2)15(31-16)19(25)26)34(13)11-14(35)39-21(37)24(27,28)29/h19H,6-11H2,1-5H3. The third kappa shape index (κ3) is 6.65. The van der Waals surface area contributed by atoms with Gasteiger partial charge in [0.25, 0.3) is 6.43 Å². The number of hydrogen-bond donors (Lipinski definition) is 0. The molecule has 2 aromatic rings. The third-order valence-corrected chi connectivity index (χ3v) is 5.89. The number of carbonyl (C=O) groups excluding carboxylic acids is 3. The van der Waals surface area contributed by atoms with Gasteiger partial charge in [0.2, 0.25) is 5.43 Å². The molecule has 0 radical (unpaired) electrons. The lowest BCUT2D eigenvalue weighted by atomic mass is 10.1. The Labute approximate surface area is 224 Å². The van der Waals surface area contributed by atoms with E-state index < -0.39 is 59.4 Å². The van der Waals surface area contributed by atoms with Crippen molar-refractivity contribution in [3.05, 3.63) is 27.3 Å². The van der Waals surface area contributed by atoms with Crippen LogP contribution in [-0.4, -0.2) is 75.4 Å². The molecule has 0 spiro atoms. The monoisotopic (exact) mass is 577 g/mol. The maximum atomic E-state index is 13.6. The van der Waals surface area contributed by atoms with Crippen molar-refractivity contribution < 1.29 is 45.8 Å². The third-order valence-electron chi connectivity index (χ3n) is 5.89. The fourth-order valence-electron chi connectivity index (χ4n) is 4.18. The summed E-state index contributed by atoms with van der Waals surface area (Å²) in [7, 11) is 0. The molecule has 3 rings (SSSR count). The van der Waals surface area contributed by atoms with Crippen molar-refractivity contribution in [1.82, 2.24) is 19.4 Å². The van der Waals surface area contributed by atoms with E-state index >= 15 is 0 Å². The average Bonchev–Trinajstić information content (AvgIpc) is 2.83. The van der Waals surface area contributed by atoms with Gasteiger partial charge in [0.15, 0.2) is 11.2 Å². The van der Waals surface area contributed by atoms with Crippen LogP contribution in [0.4, 0.5) is 32.4 Å². The van der Waals surface area contributed by atoms with Crippen molar-refractivity contribution in [2.24, 2.45) is 0 Å². The molecule has 1 aliphatic rings. The number of piperazine rings is 1. The highest BCUT2D eigenvalue weighted by Gasteiger charge is 2.42. The number of alkyl halides is 5. The Morgan fingerprint density at radius 1 is 1.02 bits per heavy atom. The van der Waals surface area contributed by atoms with Gasteiger partial charge in [-0.05, 0) is 34.1 Å². The van der Waals surface area contributed by atoms with Crippen molar-refractivity contribution in [3.63, 3.8) is 0 Å². The van der Waals surface area contributed by atoms with Gasteiger partial charge in [0.1, 0.15) is 23.5 Å². The highest BCUT2D eigenvalue weighted by Crippen LogP contribution is 2.27. The molecule has 0 bridgehead atoms. The topological polar surface area (TPSA) is 124 Å². The molecule has 1 amide bonds. The number of anilines is 1. The molecule has 0 saturated carbocycles. The van der Waals surface area contributed by atoms with Crippen molar-refractivity contribution in [1.29, 1.82) is 0 Å². The minimum atomic E-state index is -5.43. The molecule has 16 heteroatoms. The van der Waals surface area contributed by atoms with Crippen LogP contribution in [-0.2, 0) is 32.0 Å². The number of rotatable bonds is 5. The van der Waals surface area contributed by atoms with Crippen LogP contribution in [0.2, 0.25) is 0 Å². The summed E-state index contributed by atoms with van der Waals surface area (Å²) >= 11 is 0. The van der Waals surface area contributed by atoms with E-state index in [1.54, 1.807) is 32.6 Å². The fraction of sp³-hybridized carbons (Fsp3) is 0.583. The zero-order chi connectivity index (χ0) is 30.2. The molecule has 1 fully saturated rings. The lowest BCUT2D eigenvalue weighted by molar-refractivity contribution is -0.202. The van der Waals surface area contributed by atoms with Crippen LogP contribution in [0.25, 0.3) is 11.2 Å². The summed E-state index contributed by atoms with van der Waals surface area (Å²) in [5.41, 5.74) is -3.38. The van der Waals surface area contributed by atoms with Gasteiger partial charge < -0.3 is 23.8 Å². The number of pyridine rings is 1. The number of hydrogen-bond acceptors (Lipinski definition) is 9. The molecule has 1 saturated heterocycles. The molecule has 0 aromatic carbocycles. The molecular weight excluding hydrogens is 549 g/mol. The average molecular weight is 578 g/mol.